The zero-order valence-corrected chi connectivity index (χ0v) is 17.9. The molecule has 2 aromatic rings. The Morgan fingerprint density at radius 3 is 2.52 bits per heavy atom. The maximum Gasteiger partial charge on any atom is 0.263 e. The molecule has 146 valence electrons. The summed E-state index contributed by atoms with van der Waals surface area (Å²) in [5.74, 6) is -0.740. The molecule has 0 radical (unpaired) electrons. The van der Waals surface area contributed by atoms with Gasteiger partial charge in [0, 0.05) is 13.1 Å². The molecule has 1 N–H and O–H groups in total. The van der Waals surface area contributed by atoms with Gasteiger partial charge in [-0.2, -0.15) is 0 Å². The van der Waals surface area contributed by atoms with E-state index in [0.29, 0.717) is 19.9 Å². The smallest absolute Gasteiger partial charge is 0.263 e. The lowest BCUT2D eigenvalue weighted by Gasteiger charge is -2.29. The monoisotopic (exact) mass is 447 g/mol. The van der Waals surface area contributed by atoms with Crippen LogP contribution in [0.1, 0.15) is 22.3 Å². The zero-order chi connectivity index (χ0) is 19.8. The second-order valence-electron chi connectivity index (χ2n) is 6.21. The normalized spacial score (nSPS) is 17.5. The molecule has 11 heteroatoms. The third-order valence-electron chi connectivity index (χ3n) is 4.16. The number of aryl methyl sites for hydroxylation is 1. The molecule has 2 amide bonds. The van der Waals surface area contributed by atoms with Crippen LogP contribution in [0.25, 0.3) is 9.88 Å². The minimum Gasteiger partial charge on any atom is -0.340 e. The van der Waals surface area contributed by atoms with Gasteiger partial charge in [-0.15, -0.1) is 22.7 Å². The second kappa shape index (κ2) is 7.86. The standard InChI is InChI=1S/C16H18ClN3O4S3/c1-9-13(26-15(19-9)11-3-4-12(17)25-11)14(21)18-10(2)16(22)20-5-7-27(23,24)8-6-20/h3-4,10H,5-8H2,1-2H3,(H,18,21). The molecule has 1 saturated heterocycles. The van der Waals surface area contributed by atoms with E-state index >= 15 is 0 Å². The van der Waals surface area contributed by atoms with Crippen LogP contribution in [0.15, 0.2) is 12.1 Å². The van der Waals surface area contributed by atoms with Crippen LogP contribution in [0.3, 0.4) is 0 Å². The molecule has 7 nitrogen and oxygen atoms in total. The first kappa shape index (κ1) is 20.2. The summed E-state index contributed by atoms with van der Waals surface area (Å²) < 4.78 is 23.6. The number of nitrogens with one attached hydrogen (secondary N) is 1. The van der Waals surface area contributed by atoms with E-state index in [1.807, 2.05) is 6.07 Å². The van der Waals surface area contributed by atoms with Gasteiger partial charge in [0.1, 0.15) is 15.9 Å². The summed E-state index contributed by atoms with van der Waals surface area (Å²) in [6.45, 7) is 3.65. The fraction of sp³-hybridized carbons (Fsp3) is 0.438. The Bertz CT molecular complexity index is 969. The Hall–Kier alpha value is -1.49. The summed E-state index contributed by atoms with van der Waals surface area (Å²) in [5, 5.41) is 3.40. The summed E-state index contributed by atoms with van der Waals surface area (Å²) in [5.41, 5.74) is 0.584. The quantitative estimate of drug-likeness (QED) is 0.775. The number of thiazole rings is 1. The SMILES string of the molecule is Cc1nc(-c2ccc(Cl)s2)sc1C(=O)NC(C)C(=O)N1CCS(=O)(=O)CC1. The highest BCUT2D eigenvalue weighted by Crippen LogP contribution is 2.34. The Labute approximate surface area is 170 Å². The number of hydrogen-bond acceptors (Lipinski definition) is 7. The van der Waals surface area contributed by atoms with Crippen molar-refractivity contribution < 1.29 is 18.0 Å². The molecule has 1 fully saturated rings. The Morgan fingerprint density at radius 2 is 1.93 bits per heavy atom. The van der Waals surface area contributed by atoms with Crippen molar-refractivity contribution in [1.29, 1.82) is 0 Å². The number of halogens is 1. The molecule has 1 unspecified atom stereocenters. The minimum atomic E-state index is -3.06. The Morgan fingerprint density at radius 1 is 1.26 bits per heavy atom. The van der Waals surface area contributed by atoms with E-state index in [-0.39, 0.29) is 36.4 Å². The second-order valence-corrected chi connectivity index (χ2v) is 11.2. The predicted molar refractivity (Wildman–Crippen MR) is 107 cm³/mol. The van der Waals surface area contributed by atoms with Crippen LogP contribution < -0.4 is 5.32 Å². The van der Waals surface area contributed by atoms with Gasteiger partial charge in [0.2, 0.25) is 5.91 Å². The predicted octanol–water partition coefficient (Wildman–Crippen LogP) is 2.21. The third kappa shape index (κ3) is 4.68. The molecule has 3 heterocycles. The molecule has 2 aromatic heterocycles. The van der Waals surface area contributed by atoms with Gasteiger partial charge in [-0.3, -0.25) is 9.59 Å². The van der Waals surface area contributed by atoms with Crippen molar-refractivity contribution in [3.8, 4) is 9.88 Å². The van der Waals surface area contributed by atoms with Gasteiger partial charge in [-0.25, -0.2) is 13.4 Å². The number of nitrogens with zero attached hydrogens (tertiary/aromatic N) is 2. The molecule has 0 aliphatic carbocycles. The lowest BCUT2D eigenvalue weighted by Crippen LogP contribution is -2.51. The average Bonchev–Trinajstić information content (AvgIpc) is 3.20. The van der Waals surface area contributed by atoms with Crippen molar-refractivity contribution in [2.45, 2.75) is 19.9 Å². The lowest BCUT2D eigenvalue weighted by atomic mass is 10.2. The molecular formula is C16H18ClN3O4S3. The van der Waals surface area contributed by atoms with Gasteiger partial charge >= 0.3 is 0 Å². The number of rotatable bonds is 4. The molecule has 3 rings (SSSR count). The highest BCUT2D eigenvalue weighted by atomic mass is 35.5. The van der Waals surface area contributed by atoms with E-state index in [1.54, 1.807) is 19.9 Å². The van der Waals surface area contributed by atoms with Gasteiger partial charge in [-0.1, -0.05) is 11.6 Å². The summed E-state index contributed by atoms with van der Waals surface area (Å²) in [6, 6.07) is 2.88. The third-order valence-corrected chi connectivity index (χ3v) is 8.33. The summed E-state index contributed by atoms with van der Waals surface area (Å²) >= 11 is 8.58. The number of carbonyl (C=O) groups excluding carboxylic acids is 2. The van der Waals surface area contributed by atoms with E-state index in [4.69, 9.17) is 11.6 Å². The Kier molecular flexibility index (Phi) is 5.90. The van der Waals surface area contributed by atoms with Gasteiger partial charge in [0.25, 0.3) is 5.91 Å². The average molecular weight is 448 g/mol. The van der Waals surface area contributed by atoms with Gasteiger partial charge in [0.05, 0.1) is 26.4 Å². The van der Waals surface area contributed by atoms with Crippen LogP contribution in [-0.4, -0.2) is 60.8 Å². The molecule has 1 aliphatic heterocycles. The van der Waals surface area contributed by atoms with Crippen molar-refractivity contribution in [2.75, 3.05) is 24.6 Å². The zero-order valence-electron chi connectivity index (χ0n) is 14.7. The molecular weight excluding hydrogens is 430 g/mol. The van der Waals surface area contributed by atoms with Gasteiger partial charge < -0.3 is 10.2 Å². The van der Waals surface area contributed by atoms with Crippen LogP contribution in [0.5, 0.6) is 0 Å². The fourth-order valence-corrected chi connectivity index (χ4v) is 5.94. The van der Waals surface area contributed by atoms with E-state index in [2.05, 4.69) is 10.3 Å². The molecule has 0 aromatic carbocycles. The van der Waals surface area contributed by atoms with Crippen LogP contribution in [0, 0.1) is 6.92 Å². The van der Waals surface area contributed by atoms with Crippen LogP contribution in [0.4, 0.5) is 0 Å². The van der Waals surface area contributed by atoms with Crippen molar-refractivity contribution in [1.82, 2.24) is 15.2 Å². The first-order valence-corrected chi connectivity index (χ1v) is 12.0. The van der Waals surface area contributed by atoms with Crippen molar-refractivity contribution in [3.05, 3.63) is 27.0 Å². The van der Waals surface area contributed by atoms with Gasteiger partial charge in [-0.05, 0) is 26.0 Å². The summed E-state index contributed by atoms with van der Waals surface area (Å²) in [6.07, 6.45) is 0. The highest BCUT2D eigenvalue weighted by Gasteiger charge is 2.29. The largest absolute Gasteiger partial charge is 0.340 e. The number of aromatic nitrogens is 1. The van der Waals surface area contributed by atoms with Crippen molar-refractivity contribution in [3.63, 3.8) is 0 Å². The fourth-order valence-electron chi connectivity index (χ4n) is 2.67. The van der Waals surface area contributed by atoms with E-state index in [1.165, 1.54) is 27.6 Å². The lowest BCUT2D eigenvalue weighted by molar-refractivity contribution is -0.132. The summed E-state index contributed by atoms with van der Waals surface area (Å²) in [7, 11) is -3.06. The van der Waals surface area contributed by atoms with E-state index in [9.17, 15) is 18.0 Å². The Balaban J connectivity index is 1.66. The number of carbonyl (C=O) groups is 2. The first-order chi connectivity index (χ1) is 12.7. The number of thiophene rings is 1. The molecule has 0 bridgehead atoms. The number of amides is 2. The summed E-state index contributed by atoms with van der Waals surface area (Å²) in [4.78, 5) is 32.3. The highest BCUT2D eigenvalue weighted by molar-refractivity contribution is 7.91. The number of hydrogen-bond donors (Lipinski definition) is 1. The van der Waals surface area contributed by atoms with Crippen LogP contribution in [0.2, 0.25) is 4.34 Å². The van der Waals surface area contributed by atoms with E-state index in [0.717, 1.165) is 4.88 Å². The van der Waals surface area contributed by atoms with Crippen LogP contribution >= 0.6 is 34.3 Å². The van der Waals surface area contributed by atoms with Gasteiger partial charge in [0.15, 0.2) is 9.84 Å². The first-order valence-electron chi connectivity index (χ1n) is 8.19. The minimum absolute atomic E-state index is 0.0416. The van der Waals surface area contributed by atoms with Crippen LogP contribution in [-0.2, 0) is 14.6 Å². The molecule has 0 saturated carbocycles. The molecule has 0 spiro atoms. The topological polar surface area (TPSA) is 96.4 Å². The van der Waals surface area contributed by atoms with Crippen molar-refractivity contribution in [2.24, 2.45) is 0 Å². The van der Waals surface area contributed by atoms with E-state index < -0.39 is 15.9 Å². The molecule has 1 atom stereocenters. The maximum atomic E-state index is 12.6. The maximum absolute atomic E-state index is 12.6. The molecule has 1 aliphatic rings. The molecule has 27 heavy (non-hydrogen) atoms. The van der Waals surface area contributed by atoms with Crippen molar-refractivity contribution >= 4 is 55.9 Å². The number of sulfone groups is 1.